The number of nitrogens with zero attached hydrogens (tertiary/aromatic N) is 2. The highest BCUT2D eigenvalue weighted by atomic mass is 32.2. The quantitative estimate of drug-likeness (QED) is 0.564. The Morgan fingerprint density at radius 1 is 0.964 bits per heavy atom. The van der Waals surface area contributed by atoms with Crippen molar-refractivity contribution in [3.63, 3.8) is 0 Å². The van der Waals surface area contributed by atoms with Gasteiger partial charge in [-0.25, -0.2) is 22.1 Å². The van der Waals surface area contributed by atoms with Crippen LogP contribution in [0.2, 0.25) is 0 Å². The van der Waals surface area contributed by atoms with Gasteiger partial charge in [-0.15, -0.1) is 0 Å². The van der Waals surface area contributed by atoms with Crippen molar-refractivity contribution in [3.05, 3.63) is 83.8 Å². The van der Waals surface area contributed by atoms with E-state index in [1.165, 1.54) is 36.5 Å². The Morgan fingerprint density at radius 2 is 1.64 bits per heavy atom. The van der Waals surface area contributed by atoms with Crippen molar-refractivity contribution < 1.29 is 26.0 Å². The standard InChI is InChI=1S/C19H14F4N2O2S/c1-13-9-10-24-18(11-13)25(28(26,27)15-5-3-2-4-6-15)17-12-14(19(21,22)23)7-8-16(17)20/h2-12H,1H3. The molecule has 0 fully saturated rings. The van der Waals surface area contributed by atoms with Crippen LogP contribution in [0, 0.1) is 12.7 Å². The number of halogens is 4. The molecule has 3 rings (SSSR count). The SMILES string of the molecule is Cc1ccnc(N(c2cc(C(F)(F)F)ccc2F)S(=O)(=O)c2ccccc2)c1. The van der Waals surface area contributed by atoms with Gasteiger partial charge in [0, 0.05) is 6.20 Å². The Hall–Kier alpha value is -2.94. The number of pyridine rings is 1. The number of anilines is 2. The Bertz CT molecular complexity index is 1100. The molecule has 0 radical (unpaired) electrons. The summed E-state index contributed by atoms with van der Waals surface area (Å²) in [5, 5.41) is 0. The highest BCUT2D eigenvalue weighted by Crippen LogP contribution is 2.37. The number of aromatic nitrogens is 1. The van der Waals surface area contributed by atoms with Gasteiger partial charge in [0.25, 0.3) is 10.0 Å². The number of sulfonamides is 1. The fraction of sp³-hybridized carbons (Fsp3) is 0.105. The molecule has 0 aliphatic heterocycles. The zero-order valence-corrected chi connectivity index (χ0v) is 15.3. The predicted octanol–water partition coefficient (Wildman–Crippen LogP) is 5.07. The third kappa shape index (κ3) is 3.84. The molecule has 0 amide bonds. The van der Waals surface area contributed by atoms with Crippen LogP contribution < -0.4 is 4.31 Å². The second-order valence-electron chi connectivity index (χ2n) is 5.94. The summed E-state index contributed by atoms with van der Waals surface area (Å²) in [5.41, 5.74) is -1.34. The van der Waals surface area contributed by atoms with Gasteiger partial charge in [0.05, 0.1) is 16.1 Å². The minimum atomic E-state index is -4.77. The molecule has 2 aromatic carbocycles. The van der Waals surface area contributed by atoms with Crippen LogP contribution in [0.25, 0.3) is 0 Å². The number of hydrogen-bond acceptors (Lipinski definition) is 3. The zero-order chi connectivity index (χ0) is 20.5. The van der Waals surface area contributed by atoms with Gasteiger partial charge in [-0.05, 0) is 55.0 Å². The summed E-state index contributed by atoms with van der Waals surface area (Å²) in [4.78, 5) is 3.73. The van der Waals surface area contributed by atoms with Gasteiger partial charge in [-0.2, -0.15) is 13.2 Å². The minimum Gasteiger partial charge on any atom is -0.238 e. The molecule has 3 aromatic rings. The lowest BCUT2D eigenvalue weighted by Crippen LogP contribution is -2.28. The van der Waals surface area contributed by atoms with E-state index < -0.39 is 33.3 Å². The van der Waals surface area contributed by atoms with E-state index in [1.54, 1.807) is 19.1 Å². The number of hydrogen-bond donors (Lipinski definition) is 0. The average molecular weight is 410 g/mol. The average Bonchev–Trinajstić information content (AvgIpc) is 2.63. The van der Waals surface area contributed by atoms with Gasteiger partial charge >= 0.3 is 6.18 Å². The van der Waals surface area contributed by atoms with Crippen LogP contribution >= 0.6 is 0 Å². The molecular formula is C19H14F4N2O2S. The summed E-state index contributed by atoms with van der Waals surface area (Å²) < 4.78 is 80.8. The van der Waals surface area contributed by atoms with E-state index in [1.807, 2.05) is 0 Å². The molecule has 1 aromatic heterocycles. The van der Waals surface area contributed by atoms with Crippen molar-refractivity contribution in [1.29, 1.82) is 0 Å². The summed E-state index contributed by atoms with van der Waals surface area (Å²) in [6, 6.07) is 11.6. The second-order valence-corrected chi connectivity index (χ2v) is 7.72. The first-order valence-electron chi connectivity index (χ1n) is 8.00. The van der Waals surface area contributed by atoms with E-state index in [2.05, 4.69) is 4.98 Å². The van der Waals surface area contributed by atoms with Gasteiger partial charge in [0.15, 0.2) is 0 Å². The molecule has 0 aliphatic rings. The first-order chi connectivity index (χ1) is 13.1. The van der Waals surface area contributed by atoms with Crippen LogP contribution in [0.15, 0.2) is 71.8 Å². The minimum absolute atomic E-state index is 0.213. The smallest absolute Gasteiger partial charge is 0.238 e. The van der Waals surface area contributed by atoms with Gasteiger partial charge in [0.1, 0.15) is 11.6 Å². The second kappa shape index (κ2) is 7.23. The Morgan fingerprint density at radius 3 is 2.25 bits per heavy atom. The van der Waals surface area contributed by atoms with E-state index in [4.69, 9.17) is 0 Å². The van der Waals surface area contributed by atoms with Crippen LogP contribution in [-0.2, 0) is 16.2 Å². The number of alkyl halides is 3. The van der Waals surface area contributed by atoms with Crippen LogP contribution in [0.4, 0.5) is 29.1 Å². The van der Waals surface area contributed by atoms with E-state index >= 15 is 0 Å². The van der Waals surface area contributed by atoms with Crippen molar-refractivity contribution in [2.24, 2.45) is 0 Å². The largest absolute Gasteiger partial charge is 0.416 e. The van der Waals surface area contributed by atoms with Crippen molar-refractivity contribution in [1.82, 2.24) is 4.98 Å². The fourth-order valence-electron chi connectivity index (χ4n) is 2.55. The molecule has 4 nitrogen and oxygen atoms in total. The highest BCUT2D eigenvalue weighted by molar-refractivity contribution is 7.93. The number of benzene rings is 2. The van der Waals surface area contributed by atoms with Gasteiger partial charge < -0.3 is 0 Å². The predicted molar refractivity (Wildman–Crippen MR) is 96.1 cm³/mol. The monoisotopic (exact) mass is 410 g/mol. The normalized spacial score (nSPS) is 12.0. The molecule has 0 atom stereocenters. The molecule has 0 saturated carbocycles. The molecule has 0 aliphatic carbocycles. The van der Waals surface area contributed by atoms with Crippen LogP contribution in [-0.4, -0.2) is 13.4 Å². The Balaban J connectivity index is 2.30. The topological polar surface area (TPSA) is 50.3 Å². The van der Waals surface area contributed by atoms with Crippen LogP contribution in [0.3, 0.4) is 0 Å². The Labute approximate surface area is 159 Å². The molecule has 0 saturated heterocycles. The highest BCUT2D eigenvalue weighted by Gasteiger charge is 2.35. The molecule has 0 unspecified atom stereocenters. The van der Waals surface area contributed by atoms with Crippen LogP contribution in [0.5, 0.6) is 0 Å². The molecule has 28 heavy (non-hydrogen) atoms. The van der Waals surface area contributed by atoms with Crippen molar-refractivity contribution >= 4 is 21.5 Å². The van der Waals surface area contributed by atoms with E-state index in [0.29, 0.717) is 28.1 Å². The van der Waals surface area contributed by atoms with Crippen LogP contribution in [0.1, 0.15) is 11.1 Å². The maximum Gasteiger partial charge on any atom is 0.416 e. The van der Waals surface area contributed by atoms with Gasteiger partial charge in [0.2, 0.25) is 0 Å². The van der Waals surface area contributed by atoms with E-state index in [0.717, 1.165) is 0 Å². The van der Waals surface area contributed by atoms with E-state index in [-0.39, 0.29) is 10.7 Å². The van der Waals surface area contributed by atoms with Crippen molar-refractivity contribution in [2.45, 2.75) is 18.0 Å². The summed E-state index contributed by atoms with van der Waals surface area (Å²) in [6.45, 7) is 1.65. The molecule has 146 valence electrons. The zero-order valence-electron chi connectivity index (χ0n) is 14.5. The summed E-state index contributed by atoms with van der Waals surface area (Å²) in [6.07, 6.45) is -3.48. The fourth-order valence-corrected chi connectivity index (χ4v) is 4.01. The molecule has 0 spiro atoms. The third-order valence-electron chi connectivity index (χ3n) is 3.88. The van der Waals surface area contributed by atoms with Gasteiger partial charge in [-0.3, -0.25) is 0 Å². The summed E-state index contributed by atoms with van der Waals surface area (Å²) >= 11 is 0. The lowest BCUT2D eigenvalue weighted by atomic mass is 10.2. The Kier molecular flexibility index (Phi) is 5.12. The molecule has 0 N–H and O–H groups in total. The molecule has 0 bridgehead atoms. The maximum atomic E-state index is 14.5. The number of aryl methyl sites for hydroxylation is 1. The lowest BCUT2D eigenvalue weighted by molar-refractivity contribution is -0.137. The molecule has 1 heterocycles. The first kappa shape index (κ1) is 19.8. The first-order valence-corrected chi connectivity index (χ1v) is 9.44. The summed E-state index contributed by atoms with van der Waals surface area (Å²) in [7, 11) is -4.45. The third-order valence-corrected chi connectivity index (χ3v) is 5.62. The van der Waals surface area contributed by atoms with E-state index in [9.17, 15) is 26.0 Å². The van der Waals surface area contributed by atoms with Gasteiger partial charge in [-0.1, -0.05) is 18.2 Å². The summed E-state index contributed by atoms with van der Waals surface area (Å²) in [5.74, 6) is -1.35. The maximum absolute atomic E-state index is 14.5. The number of rotatable bonds is 4. The molecule has 9 heteroatoms. The lowest BCUT2D eigenvalue weighted by Gasteiger charge is -2.25. The van der Waals surface area contributed by atoms with Crippen molar-refractivity contribution in [2.75, 3.05) is 4.31 Å². The van der Waals surface area contributed by atoms with Crippen molar-refractivity contribution in [3.8, 4) is 0 Å². The molecular weight excluding hydrogens is 396 g/mol.